The van der Waals surface area contributed by atoms with Gasteiger partial charge in [0.15, 0.2) is 0 Å². The number of hydrogen-bond acceptors (Lipinski definition) is 2. The highest BCUT2D eigenvalue weighted by Gasteiger charge is 2.15. The first-order valence-electron chi connectivity index (χ1n) is 4.64. The lowest BCUT2D eigenvalue weighted by atomic mass is 9.91. The molecule has 2 rings (SSSR count). The average Bonchev–Trinajstić information content (AvgIpc) is 2.18. The molecule has 1 aliphatic rings. The number of anilines is 1. The van der Waals surface area contributed by atoms with Gasteiger partial charge in [-0.2, -0.15) is 0 Å². The topological polar surface area (TPSA) is 29.1 Å². The van der Waals surface area contributed by atoms with Gasteiger partial charge in [0.25, 0.3) is 0 Å². The van der Waals surface area contributed by atoms with Crippen LogP contribution in [0.2, 0.25) is 0 Å². The Bertz CT molecular complexity index is 333. The zero-order valence-corrected chi connectivity index (χ0v) is 7.71. The summed E-state index contributed by atoms with van der Waals surface area (Å²) in [5, 5.41) is 3.33. The van der Waals surface area contributed by atoms with Gasteiger partial charge in [0, 0.05) is 17.8 Å². The van der Waals surface area contributed by atoms with Gasteiger partial charge >= 0.3 is 0 Å². The van der Waals surface area contributed by atoms with Crippen LogP contribution in [0, 0.1) is 0 Å². The van der Waals surface area contributed by atoms with Gasteiger partial charge in [-0.3, -0.25) is 4.79 Å². The molecule has 0 spiro atoms. The van der Waals surface area contributed by atoms with Crippen molar-refractivity contribution in [2.24, 2.45) is 0 Å². The second-order valence-electron chi connectivity index (χ2n) is 3.58. The summed E-state index contributed by atoms with van der Waals surface area (Å²) in [5.74, 6) is 0.566. The third kappa shape index (κ3) is 1.44. The maximum atomic E-state index is 10.6. The minimum Gasteiger partial charge on any atom is -0.385 e. The van der Waals surface area contributed by atoms with Crippen molar-refractivity contribution in [1.82, 2.24) is 0 Å². The zero-order chi connectivity index (χ0) is 9.26. The molecule has 13 heavy (non-hydrogen) atoms. The van der Waals surface area contributed by atoms with E-state index in [2.05, 4.69) is 12.2 Å². The van der Waals surface area contributed by atoms with Crippen LogP contribution in [0.5, 0.6) is 0 Å². The van der Waals surface area contributed by atoms with Gasteiger partial charge in [-0.1, -0.05) is 6.92 Å². The third-order valence-corrected chi connectivity index (χ3v) is 2.64. The smallest absolute Gasteiger partial charge is 0.150 e. The molecule has 0 amide bonds. The van der Waals surface area contributed by atoms with Crippen LogP contribution >= 0.6 is 0 Å². The molecule has 0 saturated carbocycles. The lowest BCUT2D eigenvalue weighted by Gasteiger charge is -2.23. The van der Waals surface area contributed by atoms with Crippen molar-refractivity contribution >= 4 is 12.0 Å². The van der Waals surface area contributed by atoms with Gasteiger partial charge < -0.3 is 5.32 Å². The van der Waals surface area contributed by atoms with Crippen LogP contribution in [0.3, 0.4) is 0 Å². The van der Waals surface area contributed by atoms with Gasteiger partial charge in [0.2, 0.25) is 0 Å². The highest BCUT2D eigenvalue weighted by molar-refractivity contribution is 5.77. The van der Waals surface area contributed by atoms with Gasteiger partial charge in [-0.15, -0.1) is 0 Å². The molecule has 1 aromatic rings. The minimum atomic E-state index is 0.566. The summed E-state index contributed by atoms with van der Waals surface area (Å²) in [5.41, 5.74) is 3.23. The summed E-state index contributed by atoms with van der Waals surface area (Å²) in [7, 11) is 0. The van der Waals surface area contributed by atoms with Crippen molar-refractivity contribution in [1.29, 1.82) is 0 Å². The number of carbonyl (C=O) groups is 1. The van der Waals surface area contributed by atoms with E-state index in [9.17, 15) is 4.79 Å². The van der Waals surface area contributed by atoms with E-state index in [1.807, 2.05) is 18.2 Å². The Labute approximate surface area is 78.0 Å². The van der Waals surface area contributed by atoms with Crippen molar-refractivity contribution < 1.29 is 4.79 Å². The molecule has 0 aliphatic carbocycles. The molecule has 0 aromatic heterocycles. The van der Waals surface area contributed by atoms with Gasteiger partial charge in [-0.25, -0.2) is 0 Å². The van der Waals surface area contributed by atoms with E-state index in [4.69, 9.17) is 0 Å². The van der Waals surface area contributed by atoms with Crippen LogP contribution in [0.1, 0.15) is 35.2 Å². The molecule has 1 heterocycles. The van der Waals surface area contributed by atoms with Crippen molar-refractivity contribution in [3.8, 4) is 0 Å². The monoisotopic (exact) mass is 175 g/mol. The van der Waals surface area contributed by atoms with Crippen molar-refractivity contribution in [3.05, 3.63) is 29.3 Å². The lowest BCUT2D eigenvalue weighted by Crippen LogP contribution is -2.14. The first-order chi connectivity index (χ1) is 6.31. The van der Waals surface area contributed by atoms with Crippen LogP contribution in [0.25, 0.3) is 0 Å². The summed E-state index contributed by atoms with van der Waals surface area (Å²) >= 11 is 0. The van der Waals surface area contributed by atoms with Gasteiger partial charge in [0.05, 0.1) is 0 Å². The molecule has 0 unspecified atom stereocenters. The molecule has 2 nitrogen and oxygen atoms in total. The maximum Gasteiger partial charge on any atom is 0.150 e. The minimum absolute atomic E-state index is 0.566. The lowest BCUT2D eigenvalue weighted by molar-refractivity contribution is 0.112. The molecule has 1 aromatic carbocycles. The Morgan fingerprint density at radius 1 is 1.54 bits per heavy atom. The van der Waals surface area contributed by atoms with Crippen LogP contribution in [-0.4, -0.2) is 12.8 Å². The molecule has 1 aliphatic heterocycles. The molecule has 0 saturated heterocycles. The molecule has 1 atom stereocenters. The fourth-order valence-corrected chi connectivity index (χ4v) is 1.80. The van der Waals surface area contributed by atoms with Crippen LogP contribution < -0.4 is 5.32 Å². The Hall–Kier alpha value is -1.31. The van der Waals surface area contributed by atoms with Crippen LogP contribution in [-0.2, 0) is 0 Å². The van der Waals surface area contributed by atoms with E-state index in [0.29, 0.717) is 5.92 Å². The molecule has 0 radical (unpaired) electrons. The normalized spacial score (nSPS) is 20.2. The predicted octanol–water partition coefficient (Wildman–Crippen LogP) is 2.42. The molecule has 2 heteroatoms. The molecule has 0 fully saturated rings. The van der Waals surface area contributed by atoms with Crippen LogP contribution in [0.4, 0.5) is 5.69 Å². The van der Waals surface area contributed by atoms with Gasteiger partial charge in [0.1, 0.15) is 6.29 Å². The number of rotatable bonds is 1. The van der Waals surface area contributed by atoms with Crippen molar-refractivity contribution in [3.63, 3.8) is 0 Å². The second-order valence-corrected chi connectivity index (χ2v) is 3.58. The van der Waals surface area contributed by atoms with E-state index in [1.54, 1.807) is 0 Å². The van der Waals surface area contributed by atoms with E-state index in [1.165, 1.54) is 11.3 Å². The van der Waals surface area contributed by atoms with Crippen molar-refractivity contribution in [2.75, 3.05) is 11.9 Å². The fourth-order valence-electron chi connectivity index (χ4n) is 1.80. The van der Waals surface area contributed by atoms with E-state index < -0.39 is 0 Å². The summed E-state index contributed by atoms with van der Waals surface area (Å²) in [6.07, 6.45) is 2.05. The first kappa shape index (κ1) is 8.30. The Kier molecular flexibility index (Phi) is 2.05. The first-order valence-corrected chi connectivity index (χ1v) is 4.64. The largest absolute Gasteiger partial charge is 0.385 e. The maximum absolute atomic E-state index is 10.6. The second kappa shape index (κ2) is 3.21. The standard InChI is InChI=1S/C11H13NO/c1-8-4-5-12-11-3-2-9(7-13)6-10(8)11/h2-3,6-8,12H,4-5H2,1H3/t8-/m0/s1. The summed E-state index contributed by atoms with van der Waals surface area (Å²) in [4.78, 5) is 10.6. The molecular formula is C11H13NO. The quantitative estimate of drug-likeness (QED) is 0.664. The molecule has 0 bridgehead atoms. The number of nitrogens with one attached hydrogen (secondary N) is 1. The molecule has 68 valence electrons. The molecular weight excluding hydrogens is 162 g/mol. The Morgan fingerprint density at radius 2 is 2.38 bits per heavy atom. The zero-order valence-electron chi connectivity index (χ0n) is 7.71. The highest BCUT2D eigenvalue weighted by Crippen LogP contribution is 2.31. The van der Waals surface area contributed by atoms with E-state index >= 15 is 0 Å². The van der Waals surface area contributed by atoms with Crippen LogP contribution in [0.15, 0.2) is 18.2 Å². The average molecular weight is 175 g/mol. The fraction of sp³-hybridized carbons (Fsp3) is 0.364. The number of fused-ring (bicyclic) bond motifs is 1. The van der Waals surface area contributed by atoms with E-state index in [0.717, 1.165) is 24.8 Å². The highest BCUT2D eigenvalue weighted by atomic mass is 16.1. The summed E-state index contributed by atoms with van der Waals surface area (Å²) in [6, 6.07) is 5.84. The summed E-state index contributed by atoms with van der Waals surface area (Å²) < 4.78 is 0. The SMILES string of the molecule is C[C@H]1CCNc2ccc(C=O)cc21. The number of aldehydes is 1. The number of carbonyl (C=O) groups excluding carboxylic acids is 1. The number of benzene rings is 1. The summed E-state index contributed by atoms with van der Waals surface area (Å²) in [6.45, 7) is 3.24. The Morgan fingerprint density at radius 3 is 3.15 bits per heavy atom. The third-order valence-electron chi connectivity index (χ3n) is 2.64. The molecule has 1 N–H and O–H groups in total. The number of hydrogen-bond donors (Lipinski definition) is 1. The predicted molar refractivity (Wildman–Crippen MR) is 53.4 cm³/mol. The van der Waals surface area contributed by atoms with Crippen molar-refractivity contribution in [2.45, 2.75) is 19.3 Å². The van der Waals surface area contributed by atoms with E-state index in [-0.39, 0.29) is 0 Å². The Balaban J connectivity index is 2.46. The van der Waals surface area contributed by atoms with Gasteiger partial charge in [-0.05, 0) is 36.1 Å².